The summed E-state index contributed by atoms with van der Waals surface area (Å²) >= 11 is 0. The van der Waals surface area contributed by atoms with Crippen molar-refractivity contribution in [2.24, 2.45) is 0 Å². The number of hydrogen-bond acceptors (Lipinski definition) is 5. The molecule has 32 heavy (non-hydrogen) atoms. The molecule has 4 rings (SSSR count). The van der Waals surface area contributed by atoms with Gasteiger partial charge in [0.1, 0.15) is 0 Å². The Morgan fingerprint density at radius 2 is 1.62 bits per heavy atom. The second-order valence-corrected chi connectivity index (χ2v) is 7.22. The fraction of sp³-hybridized carbons (Fsp3) is 0.120. The van der Waals surface area contributed by atoms with Crippen LogP contribution in [0.1, 0.15) is 16.7 Å². The molecule has 0 radical (unpaired) electrons. The average molecular weight is 430 g/mol. The van der Waals surface area contributed by atoms with Crippen molar-refractivity contribution in [2.45, 2.75) is 6.42 Å². The van der Waals surface area contributed by atoms with Crippen molar-refractivity contribution in [3.8, 4) is 11.5 Å². The second kappa shape index (κ2) is 8.85. The third kappa shape index (κ3) is 4.13. The number of rotatable bonds is 7. The molecular weight excluding hydrogens is 408 g/mol. The molecule has 7 nitrogen and oxygen atoms in total. The maximum Gasteiger partial charge on any atom is 0.307 e. The van der Waals surface area contributed by atoms with Crippen LogP contribution < -0.4 is 20.1 Å². The monoisotopic (exact) mass is 430 g/mol. The number of carbonyl (C=O) groups is 2. The highest BCUT2D eigenvalue weighted by molar-refractivity contribution is 6.37. The molecule has 0 aliphatic carbocycles. The quantitative estimate of drug-likeness (QED) is 0.485. The van der Waals surface area contributed by atoms with Crippen LogP contribution >= 0.6 is 0 Å². The van der Waals surface area contributed by atoms with Crippen molar-refractivity contribution in [2.75, 3.05) is 24.9 Å². The van der Waals surface area contributed by atoms with Gasteiger partial charge < -0.3 is 25.2 Å². The zero-order chi connectivity index (χ0) is 22.7. The highest BCUT2D eigenvalue weighted by Gasteiger charge is 2.30. The number of carboxylic acid groups (broad SMARTS) is 1. The minimum atomic E-state index is -0.888. The van der Waals surface area contributed by atoms with Crippen molar-refractivity contribution < 1.29 is 24.2 Å². The first-order chi connectivity index (χ1) is 15.5. The zero-order valence-corrected chi connectivity index (χ0v) is 17.6. The molecule has 3 aromatic rings. The van der Waals surface area contributed by atoms with Gasteiger partial charge in [-0.1, -0.05) is 42.5 Å². The highest BCUT2D eigenvalue weighted by Crippen LogP contribution is 2.43. The summed E-state index contributed by atoms with van der Waals surface area (Å²) in [6.07, 6.45) is -0.0513. The molecule has 0 atom stereocenters. The molecule has 0 spiro atoms. The van der Waals surface area contributed by atoms with Crippen LogP contribution in [0.2, 0.25) is 0 Å². The normalized spacial score (nSPS) is 13.8. The lowest BCUT2D eigenvalue weighted by molar-refractivity contribution is -0.136. The topological polar surface area (TPSA) is 96.9 Å². The SMILES string of the molecule is COc1cc2c(cc1OC)/C(=C(\Nc1ccc(CC(=O)O)cc1)c1ccccc1)C(=O)N2. The summed E-state index contributed by atoms with van der Waals surface area (Å²) in [7, 11) is 3.09. The number of methoxy groups -OCH3 is 2. The zero-order valence-electron chi connectivity index (χ0n) is 17.6. The molecule has 0 unspecified atom stereocenters. The number of nitrogens with one attached hydrogen (secondary N) is 2. The van der Waals surface area contributed by atoms with Crippen molar-refractivity contribution >= 4 is 34.5 Å². The molecule has 7 heteroatoms. The summed E-state index contributed by atoms with van der Waals surface area (Å²) in [6.45, 7) is 0. The lowest BCUT2D eigenvalue weighted by Crippen LogP contribution is -2.10. The Balaban J connectivity index is 1.83. The number of carboxylic acids is 1. The molecular formula is C25H22N2O5. The van der Waals surface area contributed by atoms with Crippen LogP contribution in [0.5, 0.6) is 11.5 Å². The van der Waals surface area contributed by atoms with Crippen molar-refractivity contribution in [3.63, 3.8) is 0 Å². The maximum absolute atomic E-state index is 13.1. The van der Waals surface area contributed by atoms with E-state index in [1.165, 1.54) is 0 Å². The van der Waals surface area contributed by atoms with Crippen molar-refractivity contribution in [1.82, 2.24) is 0 Å². The van der Waals surface area contributed by atoms with E-state index in [0.29, 0.717) is 39.6 Å². The predicted octanol–water partition coefficient (Wildman–Crippen LogP) is 4.26. The summed E-state index contributed by atoms with van der Waals surface area (Å²) in [5, 5.41) is 15.2. The molecule has 162 valence electrons. The molecule has 0 aromatic heterocycles. The van der Waals surface area contributed by atoms with E-state index in [4.69, 9.17) is 14.6 Å². The third-order valence-electron chi connectivity index (χ3n) is 5.16. The summed E-state index contributed by atoms with van der Waals surface area (Å²) in [4.78, 5) is 24.0. The Morgan fingerprint density at radius 3 is 2.25 bits per heavy atom. The van der Waals surface area contributed by atoms with Gasteiger partial charge in [0, 0.05) is 17.3 Å². The number of aliphatic carboxylic acids is 1. The van der Waals surface area contributed by atoms with Crippen LogP contribution in [0, 0.1) is 0 Å². The number of fused-ring (bicyclic) bond motifs is 1. The first-order valence-corrected chi connectivity index (χ1v) is 9.95. The molecule has 0 saturated heterocycles. The molecule has 0 bridgehead atoms. The van der Waals surface area contributed by atoms with Gasteiger partial charge in [0.05, 0.1) is 37.6 Å². The van der Waals surface area contributed by atoms with Gasteiger partial charge in [0.15, 0.2) is 11.5 Å². The molecule has 1 heterocycles. The van der Waals surface area contributed by atoms with E-state index in [-0.39, 0.29) is 12.3 Å². The van der Waals surface area contributed by atoms with E-state index in [1.54, 1.807) is 50.6 Å². The number of hydrogen-bond donors (Lipinski definition) is 3. The van der Waals surface area contributed by atoms with Crippen LogP contribution in [0.25, 0.3) is 11.3 Å². The number of anilines is 2. The van der Waals surface area contributed by atoms with Gasteiger partial charge in [-0.25, -0.2) is 0 Å². The molecule has 3 aromatic carbocycles. The van der Waals surface area contributed by atoms with Crippen molar-refractivity contribution in [3.05, 3.63) is 83.4 Å². The van der Waals surface area contributed by atoms with Gasteiger partial charge in [-0.05, 0) is 29.3 Å². The Bertz CT molecular complexity index is 1200. The number of amides is 1. The molecule has 0 saturated carbocycles. The third-order valence-corrected chi connectivity index (χ3v) is 5.16. The fourth-order valence-corrected chi connectivity index (χ4v) is 3.65. The van der Waals surface area contributed by atoms with Gasteiger partial charge in [-0.3, -0.25) is 9.59 Å². The largest absolute Gasteiger partial charge is 0.493 e. The summed E-state index contributed by atoms with van der Waals surface area (Å²) in [5.41, 5.74) is 4.68. The van der Waals surface area contributed by atoms with E-state index in [2.05, 4.69) is 10.6 Å². The van der Waals surface area contributed by atoms with E-state index < -0.39 is 5.97 Å². The van der Waals surface area contributed by atoms with Crippen LogP contribution in [-0.2, 0) is 16.0 Å². The Morgan fingerprint density at radius 1 is 0.969 bits per heavy atom. The minimum Gasteiger partial charge on any atom is -0.493 e. The number of ether oxygens (including phenoxy) is 2. The van der Waals surface area contributed by atoms with Crippen LogP contribution in [0.3, 0.4) is 0 Å². The van der Waals surface area contributed by atoms with Crippen LogP contribution in [0.15, 0.2) is 66.7 Å². The molecule has 1 aliphatic rings. The van der Waals surface area contributed by atoms with Crippen LogP contribution in [0.4, 0.5) is 11.4 Å². The summed E-state index contributed by atoms with van der Waals surface area (Å²) in [6, 6.07) is 20.1. The molecule has 0 fully saturated rings. The van der Waals surface area contributed by atoms with E-state index in [1.807, 2.05) is 30.3 Å². The van der Waals surface area contributed by atoms with Gasteiger partial charge in [0.2, 0.25) is 0 Å². The number of carbonyl (C=O) groups excluding carboxylic acids is 1. The maximum atomic E-state index is 13.1. The van der Waals surface area contributed by atoms with Gasteiger partial charge in [-0.15, -0.1) is 0 Å². The Labute approximate surface area is 185 Å². The second-order valence-electron chi connectivity index (χ2n) is 7.22. The Kier molecular flexibility index (Phi) is 5.81. The average Bonchev–Trinajstić information content (AvgIpc) is 3.12. The fourth-order valence-electron chi connectivity index (χ4n) is 3.65. The van der Waals surface area contributed by atoms with Gasteiger partial charge >= 0.3 is 5.97 Å². The molecule has 1 amide bonds. The lowest BCUT2D eigenvalue weighted by atomic mass is 9.99. The standard InChI is InChI=1S/C25H22N2O5/c1-31-20-13-18-19(14-21(20)32-2)27-25(30)23(18)24(16-6-4-3-5-7-16)26-17-10-8-15(9-11-17)12-22(28)29/h3-11,13-14,26H,12H2,1-2H3,(H,27,30)(H,28,29)/b24-23+. The molecule has 3 N–H and O–H groups in total. The number of benzene rings is 3. The van der Waals surface area contributed by atoms with Crippen molar-refractivity contribution in [1.29, 1.82) is 0 Å². The first-order valence-electron chi connectivity index (χ1n) is 9.95. The Hall–Kier alpha value is -4.26. The summed E-state index contributed by atoms with van der Waals surface area (Å²) in [5.74, 6) is -0.0905. The van der Waals surface area contributed by atoms with Gasteiger partial charge in [-0.2, -0.15) is 0 Å². The van der Waals surface area contributed by atoms with Crippen LogP contribution in [-0.4, -0.2) is 31.2 Å². The first kappa shape index (κ1) is 21.0. The summed E-state index contributed by atoms with van der Waals surface area (Å²) < 4.78 is 10.8. The lowest BCUT2D eigenvalue weighted by Gasteiger charge is -2.16. The smallest absolute Gasteiger partial charge is 0.307 e. The van der Waals surface area contributed by atoms with E-state index >= 15 is 0 Å². The van der Waals surface area contributed by atoms with Gasteiger partial charge in [0.25, 0.3) is 5.91 Å². The predicted molar refractivity (Wildman–Crippen MR) is 123 cm³/mol. The van der Waals surface area contributed by atoms with E-state index in [9.17, 15) is 9.59 Å². The minimum absolute atomic E-state index is 0.0513. The molecule has 1 aliphatic heterocycles. The highest BCUT2D eigenvalue weighted by atomic mass is 16.5. The van der Waals surface area contributed by atoms with E-state index in [0.717, 1.165) is 11.3 Å².